The summed E-state index contributed by atoms with van der Waals surface area (Å²) in [6, 6.07) is 13.2. The minimum absolute atomic E-state index is 0.195. The average molecular weight is 438 g/mol. The van der Waals surface area contributed by atoms with E-state index in [1.807, 2.05) is 6.07 Å². The third kappa shape index (κ3) is 4.37. The first-order valence-electron chi connectivity index (χ1n) is 10.4. The van der Waals surface area contributed by atoms with Crippen LogP contribution in [-0.2, 0) is 0 Å². The Morgan fingerprint density at radius 3 is 2.53 bits per heavy atom. The minimum Gasteiger partial charge on any atom is -0.245 e. The number of nitriles is 1. The van der Waals surface area contributed by atoms with Crippen LogP contribution in [0.5, 0.6) is 0 Å². The molecule has 1 aliphatic carbocycles. The maximum Gasteiger partial charge on any atom is 0.493 e. The van der Waals surface area contributed by atoms with Crippen molar-refractivity contribution in [3.05, 3.63) is 72.1 Å². The molecule has 0 atom stereocenters. The fourth-order valence-electron chi connectivity index (χ4n) is 4.26. The summed E-state index contributed by atoms with van der Waals surface area (Å²) in [6.07, 6.45) is 2.72. The highest BCUT2D eigenvalue weighted by Crippen LogP contribution is 2.41. The van der Waals surface area contributed by atoms with E-state index in [1.54, 1.807) is 30.3 Å². The van der Waals surface area contributed by atoms with Gasteiger partial charge in [-0.15, -0.1) is 13.2 Å². The summed E-state index contributed by atoms with van der Waals surface area (Å²) >= 11 is 0. The second kappa shape index (κ2) is 8.87. The number of hydrogen-bond acceptors (Lipinski definition) is 3. The number of nitrogens with zero attached hydrogens (tertiary/aromatic N) is 4. The predicted octanol–water partition coefficient (Wildman–Crippen LogP) is 6.46. The lowest BCUT2D eigenvalue weighted by molar-refractivity contribution is -0.121. The molecule has 5 nitrogen and oxygen atoms in total. The van der Waals surface area contributed by atoms with Crippen LogP contribution >= 0.6 is 0 Å². The average Bonchev–Trinajstić information content (AvgIpc) is 3.34. The first-order valence-corrected chi connectivity index (χ1v) is 10.4. The number of amides is 1. The molecule has 0 unspecified atom stereocenters. The van der Waals surface area contributed by atoms with Crippen molar-refractivity contribution in [1.29, 1.82) is 5.26 Å². The molecule has 1 aliphatic rings. The zero-order valence-corrected chi connectivity index (χ0v) is 17.2. The van der Waals surface area contributed by atoms with Crippen LogP contribution in [0.15, 0.2) is 60.9 Å². The first kappa shape index (κ1) is 21.6. The largest absolute Gasteiger partial charge is 0.493 e. The summed E-state index contributed by atoms with van der Waals surface area (Å²) in [6.45, 7) is 0. The van der Waals surface area contributed by atoms with Gasteiger partial charge in [0.1, 0.15) is 0 Å². The molecule has 0 bridgehead atoms. The zero-order valence-electron chi connectivity index (χ0n) is 17.2. The molecule has 1 fully saturated rings. The zero-order chi connectivity index (χ0) is 22.7. The Labute approximate surface area is 183 Å². The molecule has 1 amide bonds. The molecule has 0 aliphatic heterocycles. The van der Waals surface area contributed by atoms with Gasteiger partial charge in [0.2, 0.25) is 0 Å². The fraction of sp³-hybridized carbons (Fsp3) is 0.292. The SMILES string of the molecule is N#Cc1cccc(-c2cc(C3CCCCC3)ccc2N(C(=O)n2cccn2)C(F)(F)F)c1. The number of alkyl halides is 3. The first-order chi connectivity index (χ1) is 15.4. The van der Waals surface area contributed by atoms with Crippen molar-refractivity contribution in [3.8, 4) is 17.2 Å². The topological polar surface area (TPSA) is 61.9 Å². The normalized spacial score (nSPS) is 14.7. The molecule has 1 aromatic heterocycles. The maximum absolute atomic E-state index is 14.2. The van der Waals surface area contributed by atoms with Gasteiger partial charge < -0.3 is 0 Å². The van der Waals surface area contributed by atoms with Crippen molar-refractivity contribution in [2.24, 2.45) is 0 Å². The molecule has 2 aromatic carbocycles. The van der Waals surface area contributed by atoms with E-state index < -0.39 is 12.3 Å². The molecule has 164 valence electrons. The molecule has 1 heterocycles. The Morgan fingerprint density at radius 1 is 1.09 bits per heavy atom. The van der Waals surface area contributed by atoms with Crippen molar-refractivity contribution in [3.63, 3.8) is 0 Å². The van der Waals surface area contributed by atoms with Crippen LogP contribution in [0, 0.1) is 11.3 Å². The fourth-order valence-corrected chi connectivity index (χ4v) is 4.26. The van der Waals surface area contributed by atoms with Crippen molar-refractivity contribution in [2.45, 2.75) is 44.3 Å². The number of rotatable bonds is 3. The van der Waals surface area contributed by atoms with E-state index in [-0.39, 0.29) is 22.1 Å². The van der Waals surface area contributed by atoms with Gasteiger partial charge in [-0.3, -0.25) is 0 Å². The number of benzene rings is 2. The molecule has 32 heavy (non-hydrogen) atoms. The second-order valence-corrected chi connectivity index (χ2v) is 7.84. The highest BCUT2D eigenvalue weighted by molar-refractivity contribution is 5.98. The molecule has 0 saturated heterocycles. The molecule has 8 heteroatoms. The Kier molecular flexibility index (Phi) is 5.99. The minimum atomic E-state index is -4.98. The number of anilines is 1. The van der Waals surface area contributed by atoms with Crippen LogP contribution < -0.4 is 4.90 Å². The lowest BCUT2D eigenvalue weighted by atomic mass is 9.83. The van der Waals surface area contributed by atoms with Crippen molar-refractivity contribution in [1.82, 2.24) is 9.78 Å². The number of halogens is 3. The van der Waals surface area contributed by atoms with Crippen LogP contribution in [-0.4, -0.2) is 22.1 Å². The van der Waals surface area contributed by atoms with E-state index >= 15 is 0 Å². The summed E-state index contributed by atoms with van der Waals surface area (Å²) in [5.41, 5.74) is 1.67. The van der Waals surface area contributed by atoms with Crippen LogP contribution in [0.1, 0.15) is 49.1 Å². The van der Waals surface area contributed by atoms with Crippen LogP contribution in [0.25, 0.3) is 11.1 Å². The van der Waals surface area contributed by atoms with Crippen molar-refractivity contribution < 1.29 is 18.0 Å². The molecule has 0 radical (unpaired) electrons. The van der Waals surface area contributed by atoms with Crippen LogP contribution in [0.4, 0.5) is 23.7 Å². The lowest BCUT2D eigenvalue weighted by Crippen LogP contribution is -2.45. The van der Waals surface area contributed by atoms with Gasteiger partial charge in [0.05, 0.1) is 17.3 Å². The second-order valence-electron chi connectivity index (χ2n) is 7.84. The summed E-state index contributed by atoms with van der Waals surface area (Å²) < 4.78 is 43.1. The van der Waals surface area contributed by atoms with E-state index in [0.717, 1.165) is 37.7 Å². The van der Waals surface area contributed by atoms with Gasteiger partial charge in [-0.25, -0.2) is 9.69 Å². The van der Waals surface area contributed by atoms with Gasteiger partial charge in [-0.05, 0) is 60.2 Å². The highest BCUT2D eigenvalue weighted by Gasteiger charge is 2.44. The van der Waals surface area contributed by atoms with E-state index in [2.05, 4.69) is 5.10 Å². The Hall–Kier alpha value is -3.60. The smallest absolute Gasteiger partial charge is 0.245 e. The summed E-state index contributed by atoms with van der Waals surface area (Å²) in [5, 5.41) is 13.0. The van der Waals surface area contributed by atoms with Gasteiger partial charge >= 0.3 is 12.3 Å². The van der Waals surface area contributed by atoms with Crippen molar-refractivity contribution >= 4 is 11.7 Å². The molecular weight excluding hydrogens is 417 g/mol. The monoisotopic (exact) mass is 438 g/mol. The third-order valence-electron chi connectivity index (χ3n) is 5.79. The van der Waals surface area contributed by atoms with Gasteiger partial charge in [0.25, 0.3) is 0 Å². The summed E-state index contributed by atoms with van der Waals surface area (Å²) in [5.74, 6) is 0.261. The van der Waals surface area contributed by atoms with Crippen LogP contribution in [0.3, 0.4) is 0 Å². The predicted molar refractivity (Wildman–Crippen MR) is 114 cm³/mol. The molecule has 0 spiro atoms. The maximum atomic E-state index is 14.2. The number of carbonyl (C=O) groups excluding carboxylic acids is 1. The number of aromatic nitrogens is 2. The Bertz CT molecular complexity index is 1140. The standard InChI is InChI=1S/C24H21F3N4O/c25-24(26,27)31(23(32)30-13-5-12-29-30)22-11-10-19(18-7-2-1-3-8-18)15-21(22)20-9-4-6-17(14-20)16-28/h4-6,9-15,18H,1-3,7-8H2. The van der Waals surface area contributed by atoms with E-state index in [9.17, 15) is 23.2 Å². The van der Waals surface area contributed by atoms with E-state index in [1.165, 1.54) is 30.6 Å². The van der Waals surface area contributed by atoms with Gasteiger partial charge in [0.15, 0.2) is 0 Å². The van der Waals surface area contributed by atoms with Crippen LogP contribution in [0.2, 0.25) is 0 Å². The number of hydrogen-bond donors (Lipinski definition) is 0. The molecule has 1 saturated carbocycles. The summed E-state index contributed by atoms with van der Waals surface area (Å²) in [7, 11) is 0. The van der Waals surface area contributed by atoms with E-state index in [4.69, 9.17) is 0 Å². The number of carbonyl (C=O) groups is 1. The third-order valence-corrected chi connectivity index (χ3v) is 5.79. The molecule has 3 aromatic rings. The highest BCUT2D eigenvalue weighted by atomic mass is 19.4. The Morgan fingerprint density at radius 2 is 1.88 bits per heavy atom. The quantitative estimate of drug-likeness (QED) is 0.441. The lowest BCUT2D eigenvalue weighted by Gasteiger charge is -2.28. The molecule has 0 N–H and O–H groups in total. The van der Waals surface area contributed by atoms with Gasteiger partial charge in [0, 0.05) is 18.0 Å². The van der Waals surface area contributed by atoms with Gasteiger partial charge in [-0.2, -0.15) is 15.0 Å². The van der Waals surface area contributed by atoms with E-state index in [0.29, 0.717) is 15.8 Å². The molecule has 4 rings (SSSR count). The molecular formula is C24H21F3N4O. The van der Waals surface area contributed by atoms with Crippen molar-refractivity contribution in [2.75, 3.05) is 4.90 Å². The van der Waals surface area contributed by atoms with Gasteiger partial charge in [-0.1, -0.05) is 37.5 Å². The summed E-state index contributed by atoms with van der Waals surface area (Å²) in [4.78, 5) is 12.6. The Balaban J connectivity index is 1.89.